The summed E-state index contributed by atoms with van der Waals surface area (Å²) >= 11 is 3.18. The van der Waals surface area contributed by atoms with Gasteiger partial charge in [0.15, 0.2) is 0 Å². The van der Waals surface area contributed by atoms with Crippen molar-refractivity contribution in [2.45, 2.75) is 6.92 Å². The van der Waals surface area contributed by atoms with Crippen molar-refractivity contribution in [3.8, 4) is 0 Å². The first-order chi connectivity index (χ1) is 8.97. The Balaban J connectivity index is 2.20. The maximum atomic E-state index is 11.8. The van der Waals surface area contributed by atoms with Gasteiger partial charge in [0.05, 0.1) is 11.3 Å². The van der Waals surface area contributed by atoms with Crippen molar-refractivity contribution in [1.29, 1.82) is 0 Å². The van der Waals surface area contributed by atoms with Gasteiger partial charge in [0.25, 0.3) is 11.7 Å². The van der Waals surface area contributed by atoms with Crippen LogP contribution in [-0.4, -0.2) is 27.1 Å². The fraction of sp³-hybridized carbons (Fsp3) is 0.0909. The van der Waals surface area contributed by atoms with E-state index < -0.39 is 11.9 Å². The number of carbonyl (C=O) groups excluding carboxylic acids is 1. The van der Waals surface area contributed by atoms with Crippen LogP contribution in [0.2, 0.25) is 0 Å². The molecule has 0 aliphatic heterocycles. The lowest BCUT2D eigenvalue weighted by Gasteiger charge is -2.05. The van der Waals surface area contributed by atoms with Crippen molar-refractivity contribution in [3.05, 3.63) is 40.0 Å². The number of aryl methyl sites for hydroxylation is 1. The molecule has 8 heteroatoms. The molecule has 0 unspecified atom stereocenters. The molecule has 0 spiro atoms. The van der Waals surface area contributed by atoms with E-state index >= 15 is 0 Å². The number of anilines is 1. The molecule has 98 valence electrons. The molecular formula is C11H8BrN3O4. The van der Waals surface area contributed by atoms with Crippen LogP contribution in [0.1, 0.15) is 26.9 Å². The Morgan fingerprint density at radius 1 is 1.42 bits per heavy atom. The molecule has 0 aliphatic rings. The molecule has 0 fully saturated rings. The zero-order chi connectivity index (χ0) is 14.0. The van der Waals surface area contributed by atoms with Gasteiger partial charge in [0, 0.05) is 11.4 Å². The number of carboxylic acids is 1. The smallest absolute Gasteiger partial charge is 0.335 e. The molecule has 0 radical (unpaired) electrons. The van der Waals surface area contributed by atoms with E-state index in [0.717, 1.165) is 0 Å². The van der Waals surface area contributed by atoms with Crippen molar-refractivity contribution in [2.24, 2.45) is 0 Å². The second kappa shape index (κ2) is 5.19. The molecule has 2 aromatic rings. The predicted molar refractivity (Wildman–Crippen MR) is 68.1 cm³/mol. The van der Waals surface area contributed by atoms with Gasteiger partial charge < -0.3 is 14.9 Å². The number of aromatic carboxylic acids is 1. The van der Waals surface area contributed by atoms with Crippen LogP contribution in [0.4, 0.5) is 5.69 Å². The Labute approximate surface area is 115 Å². The zero-order valence-electron chi connectivity index (χ0n) is 9.68. The van der Waals surface area contributed by atoms with Crippen LogP contribution in [0, 0.1) is 6.92 Å². The Morgan fingerprint density at radius 3 is 2.68 bits per heavy atom. The molecule has 7 nitrogen and oxygen atoms in total. The van der Waals surface area contributed by atoms with E-state index in [-0.39, 0.29) is 17.3 Å². The Hall–Kier alpha value is -2.22. The minimum atomic E-state index is -1.05. The third-order valence-corrected chi connectivity index (χ3v) is 2.85. The molecule has 1 amide bonds. The molecule has 0 aliphatic carbocycles. The third-order valence-electron chi connectivity index (χ3n) is 2.19. The number of hydrogen-bond acceptors (Lipinski definition) is 5. The molecular weight excluding hydrogens is 318 g/mol. The summed E-state index contributed by atoms with van der Waals surface area (Å²) in [5, 5.41) is 14.8. The predicted octanol–water partition coefficient (Wildman–Crippen LogP) is 2.09. The van der Waals surface area contributed by atoms with Gasteiger partial charge in [-0.3, -0.25) is 4.79 Å². The minimum absolute atomic E-state index is 0.0910. The molecule has 1 aromatic carbocycles. The topological polar surface area (TPSA) is 105 Å². The summed E-state index contributed by atoms with van der Waals surface area (Å²) in [5.41, 5.74) is 0.526. The van der Waals surface area contributed by atoms with E-state index in [2.05, 4.69) is 31.4 Å². The van der Waals surface area contributed by atoms with Crippen LogP contribution < -0.4 is 5.32 Å². The first kappa shape index (κ1) is 13.2. The SMILES string of the molecule is Cc1nc(C(=O)Nc2ccc(C(=O)O)cc2Br)no1. The summed E-state index contributed by atoms with van der Waals surface area (Å²) in [6.07, 6.45) is 0. The van der Waals surface area contributed by atoms with Crippen LogP contribution in [0.15, 0.2) is 27.2 Å². The average molecular weight is 326 g/mol. The van der Waals surface area contributed by atoms with Crippen molar-refractivity contribution in [2.75, 3.05) is 5.32 Å². The second-order valence-corrected chi connectivity index (χ2v) is 4.45. The number of amides is 1. The number of benzene rings is 1. The van der Waals surface area contributed by atoms with Crippen LogP contribution in [-0.2, 0) is 0 Å². The fourth-order valence-electron chi connectivity index (χ4n) is 1.32. The van der Waals surface area contributed by atoms with E-state index in [1.165, 1.54) is 18.2 Å². The number of nitrogens with zero attached hydrogens (tertiary/aromatic N) is 2. The monoisotopic (exact) mass is 325 g/mol. The average Bonchev–Trinajstić information content (AvgIpc) is 2.78. The Bertz CT molecular complexity index is 653. The number of carbonyl (C=O) groups is 2. The lowest BCUT2D eigenvalue weighted by atomic mass is 10.2. The van der Waals surface area contributed by atoms with Crippen LogP contribution in [0.25, 0.3) is 0 Å². The van der Waals surface area contributed by atoms with Crippen LogP contribution in [0.3, 0.4) is 0 Å². The molecule has 2 rings (SSSR count). The molecule has 2 N–H and O–H groups in total. The summed E-state index contributed by atoms with van der Waals surface area (Å²) < 4.78 is 5.14. The lowest BCUT2D eigenvalue weighted by Crippen LogP contribution is -2.14. The lowest BCUT2D eigenvalue weighted by molar-refractivity contribution is 0.0696. The fourth-order valence-corrected chi connectivity index (χ4v) is 1.80. The van der Waals surface area contributed by atoms with E-state index in [0.29, 0.717) is 10.2 Å². The Morgan fingerprint density at radius 2 is 2.16 bits per heavy atom. The number of rotatable bonds is 3. The summed E-state index contributed by atoms with van der Waals surface area (Å²) in [5.74, 6) is -1.40. The van der Waals surface area contributed by atoms with Gasteiger partial charge in [-0.2, -0.15) is 4.98 Å². The highest BCUT2D eigenvalue weighted by Gasteiger charge is 2.15. The van der Waals surface area contributed by atoms with Crippen LogP contribution >= 0.6 is 15.9 Å². The van der Waals surface area contributed by atoms with E-state index in [1.54, 1.807) is 6.92 Å². The van der Waals surface area contributed by atoms with E-state index in [4.69, 9.17) is 9.63 Å². The van der Waals surface area contributed by atoms with Crippen molar-refractivity contribution >= 4 is 33.5 Å². The molecule has 0 saturated heterocycles. The molecule has 1 aromatic heterocycles. The highest BCUT2D eigenvalue weighted by atomic mass is 79.9. The quantitative estimate of drug-likeness (QED) is 0.895. The maximum absolute atomic E-state index is 11.8. The van der Waals surface area contributed by atoms with Crippen molar-refractivity contribution < 1.29 is 19.2 Å². The molecule has 1 heterocycles. The summed E-state index contributed by atoms with van der Waals surface area (Å²) in [6.45, 7) is 1.57. The normalized spacial score (nSPS) is 10.2. The van der Waals surface area contributed by atoms with E-state index in [1.807, 2.05) is 0 Å². The highest BCUT2D eigenvalue weighted by molar-refractivity contribution is 9.10. The van der Waals surface area contributed by atoms with Gasteiger partial charge in [0.2, 0.25) is 5.89 Å². The minimum Gasteiger partial charge on any atom is -0.478 e. The maximum Gasteiger partial charge on any atom is 0.335 e. The summed E-state index contributed by atoms with van der Waals surface area (Å²) in [6, 6.07) is 4.24. The number of nitrogens with one attached hydrogen (secondary N) is 1. The molecule has 0 bridgehead atoms. The molecule has 0 saturated carbocycles. The third kappa shape index (κ3) is 2.97. The van der Waals surface area contributed by atoms with Crippen LogP contribution in [0.5, 0.6) is 0 Å². The number of carboxylic acid groups (broad SMARTS) is 1. The first-order valence-electron chi connectivity index (χ1n) is 5.12. The highest BCUT2D eigenvalue weighted by Crippen LogP contribution is 2.24. The van der Waals surface area contributed by atoms with Crippen molar-refractivity contribution in [1.82, 2.24) is 10.1 Å². The number of hydrogen-bond donors (Lipinski definition) is 2. The number of halogens is 1. The van der Waals surface area contributed by atoms with Gasteiger partial charge in [-0.1, -0.05) is 5.16 Å². The summed E-state index contributed by atoms with van der Waals surface area (Å²) in [4.78, 5) is 26.3. The molecule has 0 atom stereocenters. The van der Waals surface area contributed by atoms with Gasteiger partial charge in [-0.15, -0.1) is 0 Å². The van der Waals surface area contributed by atoms with Gasteiger partial charge in [-0.25, -0.2) is 4.79 Å². The van der Waals surface area contributed by atoms with E-state index in [9.17, 15) is 9.59 Å². The molecule has 19 heavy (non-hydrogen) atoms. The largest absolute Gasteiger partial charge is 0.478 e. The van der Waals surface area contributed by atoms with Gasteiger partial charge in [0.1, 0.15) is 0 Å². The Kier molecular flexibility index (Phi) is 3.61. The van der Waals surface area contributed by atoms with Crippen molar-refractivity contribution in [3.63, 3.8) is 0 Å². The van der Waals surface area contributed by atoms with Gasteiger partial charge >= 0.3 is 5.97 Å². The summed E-state index contributed by atoms with van der Waals surface area (Å²) in [7, 11) is 0. The second-order valence-electron chi connectivity index (χ2n) is 3.59. The zero-order valence-corrected chi connectivity index (χ0v) is 11.3. The standard InChI is InChI=1S/C11H8BrN3O4/c1-5-13-9(15-19-5)10(16)14-8-3-2-6(11(17)18)4-7(8)12/h2-4H,1H3,(H,14,16)(H,17,18). The number of aromatic nitrogens is 2. The van der Waals surface area contributed by atoms with Gasteiger partial charge in [-0.05, 0) is 34.1 Å². The first-order valence-corrected chi connectivity index (χ1v) is 5.91.